The van der Waals surface area contributed by atoms with E-state index in [9.17, 15) is 8.42 Å². The third kappa shape index (κ3) is 5.38. The van der Waals surface area contributed by atoms with E-state index in [4.69, 9.17) is 11.6 Å². The molecule has 1 atom stereocenters. The first-order valence-electron chi connectivity index (χ1n) is 6.04. The van der Waals surface area contributed by atoms with Gasteiger partial charge in [-0.05, 0) is 25.3 Å². The average molecular weight is 290 g/mol. The predicted molar refractivity (Wildman–Crippen MR) is 76.5 cm³/mol. The molecule has 102 valence electrons. The zero-order chi connectivity index (χ0) is 13.6. The number of nitrogens with zero attached hydrogens (tertiary/aromatic N) is 1. The van der Waals surface area contributed by atoms with Crippen LogP contribution in [-0.2, 0) is 16.4 Å². The molecule has 1 aromatic rings. The van der Waals surface area contributed by atoms with E-state index in [1.807, 2.05) is 37.3 Å². The summed E-state index contributed by atoms with van der Waals surface area (Å²) in [6.07, 6.45) is 1.21. The van der Waals surface area contributed by atoms with Crippen molar-refractivity contribution in [3.05, 3.63) is 35.9 Å². The first-order valence-corrected chi connectivity index (χ1v) is 8.08. The van der Waals surface area contributed by atoms with Crippen molar-refractivity contribution in [2.45, 2.75) is 25.1 Å². The highest BCUT2D eigenvalue weighted by Crippen LogP contribution is 2.08. The topological polar surface area (TPSA) is 37.4 Å². The molecule has 18 heavy (non-hydrogen) atoms. The maximum Gasteiger partial charge on any atom is 0.214 e. The lowest BCUT2D eigenvalue weighted by molar-refractivity contribution is 0.460. The van der Waals surface area contributed by atoms with E-state index in [1.54, 1.807) is 7.05 Å². The van der Waals surface area contributed by atoms with Crippen molar-refractivity contribution in [2.75, 3.05) is 19.3 Å². The number of aryl methyl sites for hydroxylation is 1. The largest absolute Gasteiger partial charge is 0.214 e. The molecule has 0 saturated carbocycles. The summed E-state index contributed by atoms with van der Waals surface area (Å²) in [6, 6.07) is 9.64. The van der Waals surface area contributed by atoms with Gasteiger partial charge in [0.1, 0.15) is 0 Å². The van der Waals surface area contributed by atoms with Gasteiger partial charge in [0.2, 0.25) is 10.0 Å². The molecule has 0 heterocycles. The molecule has 0 amide bonds. The van der Waals surface area contributed by atoms with E-state index in [1.165, 1.54) is 4.31 Å². The highest BCUT2D eigenvalue weighted by molar-refractivity contribution is 7.89. The molecule has 0 aliphatic heterocycles. The summed E-state index contributed by atoms with van der Waals surface area (Å²) in [4.78, 5) is 0. The van der Waals surface area contributed by atoms with E-state index in [0.29, 0.717) is 19.4 Å². The Morgan fingerprint density at radius 1 is 1.28 bits per heavy atom. The van der Waals surface area contributed by atoms with Crippen LogP contribution in [0.5, 0.6) is 0 Å². The van der Waals surface area contributed by atoms with Crippen LogP contribution < -0.4 is 0 Å². The van der Waals surface area contributed by atoms with Crippen LogP contribution in [0.15, 0.2) is 30.3 Å². The molecular weight excluding hydrogens is 270 g/mol. The molecule has 5 heteroatoms. The molecule has 0 aliphatic rings. The quantitative estimate of drug-likeness (QED) is 0.723. The number of benzene rings is 1. The van der Waals surface area contributed by atoms with Gasteiger partial charge in [0.05, 0.1) is 5.75 Å². The Bertz CT molecular complexity index is 445. The minimum Gasteiger partial charge on any atom is -0.212 e. The summed E-state index contributed by atoms with van der Waals surface area (Å²) >= 11 is 5.82. The number of hydrogen-bond donors (Lipinski definition) is 0. The van der Waals surface area contributed by atoms with Gasteiger partial charge in [-0.25, -0.2) is 12.7 Å². The van der Waals surface area contributed by atoms with Gasteiger partial charge in [-0.1, -0.05) is 30.3 Å². The Labute approximate surface area is 115 Å². The van der Waals surface area contributed by atoms with Gasteiger partial charge in [-0.15, -0.1) is 11.6 Å². The van der Waals surface area contributed by atoms with Crippen molar-refractivity contribution in [3.8, 4) is 0 Å². The zero-order valence-electron chi connectivity index (χ0n) is 10.8. The van der Waals surface area contributed by atoms with Gasteiger partial charge >= 0.3 is 0 Å². The first kappa shape index (κ1) is 15.5. The van der Waals surface area contributed by atoms with Crippen molar-refractivity contribution in [1.29, 1.82) is 0 Å². The number of halogens is 1. The molecule has 0 aliphatic carbocycles. The van der Waals surface area contributed by atoms with Crippen LogP contribution in [-0.4, -0.2) is 37.4 Å². The Morgan fingerprint density at radius 2 is 1.89 bits per heavy atom. The van der Waals surface area contributed by atoms with Crippen LogP contribution in [0.3, 0.4) is 0 Å². The molecule has 0 N–H and O–H groups in total. The van der Waals surface area contributed by atoms with E-state index < -0.39 is 10.0 Å². The standard InChI is InChI=1S/C13H20ClNO2S/c1-12(14)8-10-15(2)18(16,17)11-9-13-6-4-3-5-7-13/h3-7,12H,8-11H2,1-2H3. The zero-order valence-corrected chi connectivity index (χ0v) is 12.4. The van der Waals surface area contributed by atoms with E-state index in [0.717, 1.165) is 5.56 Å². The highest BCUT2D eigenvalue weighted by atomic mass is 35.5. The smallest absolute Gasteiger partial charge is 0.212 e. The second kappa shape index (κ2) is 7.12. The minimum absolute atomic E-state index is 0.00299. The van der Waals surface area contributed by atoms with Gasteiger partial charge in [0.25, 0.3) is 0 Å². The minimum atomic E-state index is -3.18. The molecule has 1 rings (SSSR count). The molecule has 1 aromatic carbocycles. The number of hydrogen-bond acceptors (Lipinski definition) is 2. The van der Waals surface area contributed by atoms with Crippen molar-refractivity contribution >= 4 is 21.6 Å². The molecule has 0 fully saturated rings. The summed E-state index contributed by atoms with van der Waals surface area (Å²) < 4.78 is 25.4. The third-order valence-electron chi connectivity index (χ3n) is 2.81. The van der Waals surface area contributed by atoms with Crippen LogP contribution in [0.2, 0.25) is 0 Å². The molecule has 1 unspecified atom stereocenters. The van der Waals surface area contributed by atoms with Crippen molar-refractivity contribution in [1.82, 2.24) is 4.31 Å². The molecule has 3 nitrogen and oxygen atoms in total. The Hall–Kier alpha value is -0.580. The van der Waals surface area contributed by atoms with Crippen LogP contribution in [0.1, 0.15) is 18.9 Å². The summed E-state index contributed by atoms with van der Waals surface area (Å²) in [5.41, 5.74) is 1.04. The Balaban J connectivity index is 2.49. The van der Waals surface area contributed by atoms with Crippen LogP contribution in [0.4, 0.5) is 0 Å². The summed E-state index contributed by atoms with van der Waals surface area (Å²) in [6.45, 7) is 2.34. The van der Waals surface area contributed by atoms with E-state index in [2.05, 4.69) is 0 Å². The normalized spacial score (nSPS) is 13.8. The molecule has 0 radical (unpaired) electrons. The fourth-order valence-corrected chi connectivity index (χ4v) is 2.83. The fraction of sp³-hybridized carbons (Fsp3) is 0.538. The SMILES string of the molecule is CC(Cl)CCN(C)S(=O)(=O)CCc1ccccc1. The van der Waals surface area contributed by atoms with Gasteiger partial charge in [-0.2, -0.15) is 0 Å². The van der Waals surface area contributed by atoms with Gasteiger partial charge in [-0.3, -0.25) is 0 Å². The average Bonchev–Trinajstić information content (AvgIpc) is 2.34. The summed E-state index contributed by atoms with van der Waals surface area (Å²) in [5, 5.41) is -0.00299. The lowest BCUT2D eigenvalue weighted by Gasteiger charge is -2.17. The monoisotopic (exact) mass is 289 g/mol. The Morgan fingerprint density at radius 3 is 2.44 bits per heavy atom. The van der Waals surface area contributed by atoms with Crippen LogP contribution >= 0.6 is 11.6 Å². The van der Waals surface area contributed by atoms with E-state index >= 15 is 0 Å². The summed E-state index contributed by atoms with van der Waals surface area (Å²) in [5.74, 6) is 0.143. The fourth-order valence-electron chi connectivity index (χ4n) is 1.55. The highest BCUT2D eigenvalue weighted by Gasteiger charge is 2.17. The maximum absolute atomic E-state index is 12.0. The van der Waals surface area contributed by atoms with Gasteiger partial charge in [0.15, 0.2) is 0 Å². The van der Waals surface area contributed by atoms with Gasteiger partial charge in [0, 0.05) is 19.0 Å². The number of rotatable bonds is 7. The summed E-state index contributed by atoms with van der Waals surface area (Å²) in [7, 11) is -1.57. The Kier molecular flexibility index (Phi) is 6.12. The molecule has 0 aromatic heterocycles. The lowest BCUT2D eigenvalue weighted by Crippen LogP contribution is -2.31. The number of alkyl halides is 1. The molecule has 0 bridgehead atoms. The van der Waals surface area contributed by atoms with Gasteiger partial charge < -0.3 is 0 Å². The maximum atomic E-state index is 12.0. The van der Waals surface area contributed by atoms with E-state index in [-0.39, 0.29) is 11.1 Å². The first-order chi connectivity index (χ1) is 8.42. The van der Waals surface area contributed by atoms with Crippen LogP contribution in [0, 0.1) is 0 Å². The second-order valence-electron chi connectivity index (χ2n) is 4.44. The van der Waals surface area contributed by atoms with Crippen LogP contribution in [0.25, 0.3) is 0 Å². The lowest BCUT2D eigenvalue weighted by atomic mass is 10.2. The second-order valence-corrected chi connectivity index (χ2v) is 7.38. The van der Waals surface area contributed by atoms with Crippen molar-refractivity contribution < 1.29 is 8.42 Å². The molecule has 0 saturated heterocycles. The number of sulfonamides is 1. The van der Waals surface area contributed by atoms with Crippen molar-refractivity contribution in [3.63, 3.8) is 0 Å². The predicted octanol–water partition coefficient (Wildman–Crippen LogP) is 2.51. The van der Waals surface area contributed by atoms with Crippen molar-refractivity contribution in [2.24, 2.45) is 0 Å². The molecular formula is C13H20ClNO2S. The third-order valence-corrected chi connectivity index (χ3v) is 4.88. The molecule has 0 spiro atoms.